The van der Waals surface area contributed by atoms with E-state index in [0.29, 0.717) is 18.0 Å². The fourth-order valence-corrected chi connectivity index (χ4v) is 3.14. The summed E-state index contributed by atoms with van der Waals surface area (Å²) in [7, 11) is 1.64. The van der Waals surface area contributed by atoms with Crippen LogP contribution in [0.1, 0.15) is 11.4 Å². The van der Waals surface area contributed by atoms with E-state index in [9.17, 15) is 9.59 Å². The zero-order valence-corrected chi connectivity index (χ0v) is 14.7. The molecule has 1 aliphatic rings. The molecule has 8 heteroatoms. The Morgan fingerprint density at radius 3 is 2.70 bits per heavy atom. The molecule has 1 atom stereocenters. The third kappa shape index (κ3) is 3.46. The van der Waals surface area contributed by atoms with Crippen LogP contribution in [0.15, 0.2) is 57.7 Å². The highest BCUT2D eigenvalue weighted by Crippen LogP contribution is 2.21. The summed E-state index contributed by atoms with van der Waals surface area (Å²) in [6, 6.07) is 12.4. The van der Waals surface area contributed by atoms with E-state index in [-0.39, 0.29) is 30.8 Å². The Labute approximate surface area is 155 Å². The fraction of sp³-hybridized carbons (Fsp3) is 0.263. The Kier molecular flexibility index (Phi) is 4.45. The molecule has 0 bridgehead atoms. The van der Waals surface area contributed by atoms with Crippen molar-refractivity contribution in [2.45, 2.75) is 19.0 Å². The van der Waals surface area contributed by atoms with Crippen molar-refractivity contribution in [1.82, 2.24) is 19.9 Å². The van der Waals surface area contributed by atoms with Crippen LogP contribution in [0, 0.1) is 0 Å². The molecule has 0 N–H and O–H groups in total. The summed E-state index contributed by atoms with van der Waals surface area (Å²) in [6.45, 7) is 0.132. The maximum atomic E-state index is 12.7. The maximum absolute atomic E-state index is 12.7. The first-order valence-corrected chi connectivity index (χ1v) is 8.56. The predicted molar refractivity (Wildman–Crippen MR) is 94.1 cm³/mol. The molecule has 1 aromatic carbocycles. The topological polar surface area (TPSA) is 92.7 Å². The van der Waals surface area contributed by atoms with Gasteiger partial charge in [-0.2, -0.15) is 4.98 Å². The van der Waals surface area contributed by atoms with Gasteiger partial charge in [-0.25, -0.2) is 0 Å². The zero-order valence-electron chi connectivity index (χ0n) is 14.7. The SMILES string of the molecule is CN1CC(=O)N(Cc2noc(-c3ccco3)n2)[C@@H](Cc2ccccc2)C1=O. The standard InChI is InChI=1S/C19H18N4O4/c1-22-12-17(24)23(14(19(22)25)10-13-6-3-2-4-7-13)11-16-20-18(27-21-16)15-8-5-9-26-15/h2-9,14H,10-12H2,1H3/t14-/m0/s1. The van der Waals surface area contributed by atoms with Gasteiger partial charge < -0.3 is 18.7 Å². The molecule has 0 aliphatic carbocycles. The van der Waals surface area contributed by atoms with Crippen LogP contribution in [0.4, 0.5) is 0 Å². The number of carbonyl (C=O) groups is 2. The van der Waals surface area contributed by atoms with Gasteiger partial charge in [0.2, 0.25) is 11.8 Å². The Balaban J connectivity index is 1.58. The maximum Gasteiger partial charge on any atom is 0.293 e. The molecule has 3 heterocycles. The average molecular weight is 366 g/mol. The highest BCUT2D eigenvalue weighted by Gasteiger charge is 2.38. The molecular formula is C19H18N4O4. The van der Waals surface area contributed by atoms with Crippen LogP contribution in [0.2, 0.25) is 0 Å². The molecule has 0 radical (unpaired) electrons. The summed E-state index contributed by atoms with van der Waals surface area (Å²) in [5.41, 5.74) is 0.980. The average Bonchev–Trinajstić information content (AvgIpc) is 3.35. The fourth-order valence-electron chi connectivity index (χ4n) is 3.14. The normalized spacial score (nSPS) is 17.6. The number of rotatable bonds is 5. The van der Waals surface area contributed by atoms with Crippen LogP contribution in [0.5, 0.6) is 0 Å². The van der Waals surface area contributed by atoms with Gasteiger partial charge >= 0.3 is 0 Å². The van der Waals surface area contributed by atoms with Crippen molar-refractivity contribution in [1.29, 1.82) is 0 Å². The highest BCUT2D eigenvalue weighted by atomic mass is 16.5. The van der Waals surface area contributed by atoms with Crippen molar-refractivity contribution in [3.8, 4) is 11.7 Å². The van der Waals surface area contributed by atoms with Crippen molar-refractivity contribution in [2.75, 3.05) is 13.6 Å². The van der Waals surface area contributed by atoms with E-state index in [1.807, 2.05) is 30.3 Å². The monoisotopic (exact) mass is 366 g/mol. The third-order valence-electron chi connectivity index (χ3n) is 4.51. The molecular weight excluding hydrogens is 348 g/mol. The van der Waals surface area contributed by atoms with Gasteiger partial charge in [-0.15, -0.1) is 0 Å². The minimum atomic E-state index is -0.607. The molecule has 138 valence electrons. The molecule has 2 aromatic heterocycles. The second-order valence-corrected chi connectivity index (χ2v) is 6.41. The van der Waals surface area contributed by atoms with Gasteiger partial charge in [0.15, 0.2) is 11.6 Å². The molecule has 1 aliphatic heterocycles. The van der Waals surface area contributed by atoms with Gasteiger partial charge in [0.1, 0.15) is 6.04 Å². The van der Waals surface area contributed by atoms with Gasteiger partial charge in [-0.1, -0.05) is 35.5 Å². The van der Waals surface area contributed by atoms with Crippen LogP contribution in [0.25, 0.3) is 11.7 Å². The molecule has 1 fully saturated rings. The number of hydrogen-bond acceptors (Lipinski definition) is 6. The van der Waals surface area contributed by atoms with E-state index in [2.05, 4.69) is 10.1 Å². The first-order chi connectivity index (χ1) is 13.1. The molecule has 3 aromatic rings. The van der Waals surface area contributed by atoms with E-state index < -0.39 is 6.04 Å². The Hall–Kier alpha value is -3.42. The van der Waals surface area contributed by atoms with Gasteiger partial charge in [0.25, 0.3) is 5.89 Å². The van der Waals surface area contributed by atoms with Gasteiger partial charge in [-0.3, -0.25) is 9.59 Å². The van der Waals surface area contributed by atoms with Crippen molar-refractivity contribution >= 4 is 11.8 Å². The van der Waals surface area contributed by atoms with Crippen LogP contribution in [-0.4, -0.2) is 51.4 Å². The summed E-state index contributed by atoms with van der Waals surface area (Å²) >= 11 is 0. The molecule has 1 saturated heterocycles. The smallest absolute Gasteiger partial charge is 0.293 e. The quantitative estimate of drug-likeness (QED) is 0.683. The summed E-state index contributed by atoms with van der Waals surface area (Å²) in [5, 5.41) is 3.92. The Morgan fingerprint density at radius 1 is 1.15 bits per heavy atom. The molecule has 2 amide bonds. The second kappa shape index (κ2) is 7.06. The molecule has 8 nitrogen and oxygen atoms in total. The minimum absolute atomic E-state index is 0.0347. The summed E-state index contributed by atoms with van der Waals surface area (Å²) in [5.74, 6) is 0.763. The number of nitrogens with zero attached hydrogens (tertiary/aromatic N) is 4. The lowest BCUT2D eigenvalue weighted by Crippen LogP contribution is -2.59. The lowest BCUT2D eigenvalue weighted by molar-refractivity contribution is -0.155. The van der Waals surface area contributed by atoms with Crippen LogP contribution in [-0.2, 0) is 22.6 Å². The molecule has 0 spiro atoms. The number of furan rings is 1. The number of likely N-dealkylation sites (N-methyl/N-ethyl adjacent to an activating group) is 1. The first-order valence-electron chi connectivity index (χ1n) is 8.56. The Morgan fingerprint density at radius 2 is 1.96 bits per heavy atom. The molecule has 0 unspecified atom stereocenters. The molecule has 27 heavy (non-hydrogen) atoms. The minimum Gasteiger partial charge on any atom is -0.459 e. The van der Waals surface area contributed by atoms with E-state index in [4.69, 9.17) is 8.94 Å². The largest absolute Gasteiger partial charge is 0.459 e. The predicted octanol–water partition coefficient (Wildman–Crippen LogP) is 1.74. The van der Waals surface area contributed by atoms with Crippen LogP contribution >= 0.6 is 0 Å². The summed E-state index contributed by atoms with van der Waals surface area (Å²) in [6.07, 6.45) is 1.94. The van der Waals surface area contributed by atoms with Crippen molar-refractivity contribution in [3.63, 3.8) is 0 Å². The van der Waals surface area contributed by atoms with Gasteiger partial charge in [0.05, 0.1) is 19.4 Å². The summed E-state index contributed by atoms with van der Waals surface area (Å²) in [4.78, 5) is 32.6. The van der Waals surface area contributed by atoms with E-state index >= 15 is 0 Å². The number of hydrogen-bond donors (Lipinski definition) is 0. The number of carbonyl (C=O) groups excluding carboxylic acids is 2. The number of benzene rings is 1. The lowest BCUT2D eigenvalue weighted by atomic mass is 10.0. The number of piperazine rings is 1. The Bertz CT molecular complexity index is 936. The van der Waals surface area contributed by atoms with E-state index in [1.54, 1.807) is 19.2 Å². The lowest BCUT2D eigenvalue weighted by Gasteiger charge is -2.38. The number of amides is 2. The second-order valence-electron chi connectivity index (χ2n) is 6.41. The van der Waals surface area contributed by atoms with E-state index in [1.165, 1.54) is 16.1 Å². The first kappa shape index (κ1) is 17.0. The van der Waals surface area contributed by atoms with Crippen molar-refractivity contribution in [3.05, 3.63) is 60.1 Å². The van der Waals surface area contributed by atoms with Gasteiger partial charge in [0, 0.05) is 13.5 Å². The van der Waals surface area contributed by atoms with E-state index in [0.717, 1.165) is 5.56 Å². The van der Waals surface area contributed by atoms with Gasteiger partial charge in [-0.05, 0) is 17.7 Å². The summed E-state index contributed by atoms with van der Waals surface area (Å²) < 4.78 is 10.4. The van der Waals surface area contributed by atoms with Crippen molar-refractivity contribution in [2.24, 2.45) is 0 Å². The van der Waals surface area contributed by atoms with Crippen molar-refractivity contribution < 1.29 is 18.5 Å². The zero-order chi connectivity index (χ0) is 18.8. The molecule has 0 saturated carbocycles. The van der Waals surface area contributed by atoms with Crippen LogP contribution < -0.4 is 0 Å². The molecule has 4 rings (SSSR count). The van der Waals surface area contributed by atoms with Crippen LogP contribution in [0.3, 0.4) is 0 Å². The highest BCUT2D eigenvalue weighted by molar-refractivity contribution is 5.94. The number of aromatic nitrogens is 2. The third-order valence-corrected chi connectivity index (χ3v) is 4.51.